The van der Waals surface area contributed by atoms with Gasteiger partial charge < -0.3 is 9.64 Å². The number of carbonyl (C=O) groups excluding carboxylic acids is 1. The van der Waals surface area contributed by atoms with Crippen molar-refractivity contribution in [2.75, 3.05) is 25.1 Å². The lowest BCUT2D eigenvalue weighted by molar-refractivity contribution is -0.122. The van der Waals surface area contributed by atoms with Crippen LogP contribution in [0.1, 0.15) is 60.4 Å². The van der Waals surface area contributed by atoms with Crippen molar-refractivity contribution in [1.29, 1.82) is 5.26 Å². The summed E-state index contributed by atoms with van der Waals surface area (Å²) in [7, 11) is 1.62. The van der Waals surface area contributed by atoms with Gasteiger partial charge in [0.15, 0.2) is 0 Å². The van der Waals surface area contributed by atoms with Gasteiger partial charge in [-0.25, -0.2) is 0 Å². The zero-order valence-corrected chi connectivity index (χ0v) is 27.2. The Bertz CT molecular complexity index is 1650. The lowest BCUT2D eigenvalue weighted by Gasteiger charge is -2.36. The molecule has 0 bridgehead atoms. The molecule has 3 heterocycles. The number of thiocarbonyl (C=S) groups is 1. The Labute approximate surface area is 269 Å². The number of aromatic nitrogens is 1. The molecule has 0 unspecified atom stereocenters. The minimum Gasteiger partial charge on any atom is -0.497 e. The quantitative estimate of drug-likeness (QED) is 0.183. The van der Waals surface area contributed by atoms with Crippen molar-refractivity contribution in [3.63, 3.8) is 0 Å². The summed E-state index contributed by atoms with van der Waals surface area (Å²) in [5, 5.41) is 10.0. The second-order valence-electron chi connectivity index (χ2n) is 11.4. The second-order valence-corrected chi connectivity index (χ2v) is 13.1. The summed E-state index contributed by atoms with van der Waals surface area (Å²) in [6, 6.07) is 20.3. The van der Waals surface area contributed by atoms with Gasteiger partial charge in [0.2, 0.25) is 0 Å². The number of carbonyl (C=O) groups is 1. The number of thioether (sulfide) groups is 1. The Hall–Kier alpha value is -3.87. The summed E-state index contributed by atoms with van der Waals surface area (Å²) in [5.41, 5.74) is 3.51. The fraction of sp³-hybridized carbons (Fsp3) is 0.371. The number of ether oxygens (including phenoxy) is 1. The summed E-state index contributed by atoms with van der Waals surface area (Å²) in [6.07, 6.45) is 6.62. The minimum absolute atomic E-state index is 0.128. The fourth-order valence-corrected chi connectivity index (χ4v) is 7.22. The summed E-state index contributed by atoms with van der Waals surface area (Å²) in [6.45, 7) is 6.38. The molecule has 2 fully saturated rings. The number of nitrogens with zero attached hydrogens (tertiary/aromatic N) is 4. The van der Waals surface area contributed by atoms with E-state index >= 15 is 0 Å². The largest absolute Gasteiger partial charge is 0.497 e. The monoisotopic (exact) mass is 626 g/mol. The highest BCUT2D eigenvalue weighted by atomic mass is 32.2. The van der Waals surface area contributed by atoms with E-state index in [2.05, 4.69) is 42.2 Å². The van der Waals surface area contributed by atoms with E-state index in [1.165, 1.54) is 17.3 Å². The Morgan fingerprint density at radius 1 is 1.07 bits per heavy atom. The van der Waals surface area contributed by atoms with Gasteiger partial charge in [-0.1, -0.05) is 79.8 Å². The number of nitriles is 1. The van der Waals surface area contributed by atoms with Crippen molar-refractivity contribution in [2.45, 2.75) is 59.0 Å². The first-order valence-electron chi connectivity index (χ1n) is 15.2. The first kappa shape index (κ1) is 31.6. The summed E-state index contributed by atoms with van der Waals surface area (Å²) in [5.74, 6) is 1.94. The maximum Gasteiger partial charge on any atom is 0.270 e. The molecule has 7 nitrogen and oxygen atoms in total. The molecule has 2 aromatic carbocycles. The van der Waals surface area contributed by atoms with Crippen LogP contribution in [-0.2, 0) is 24.3 Å². The predicted molar refractivity (Wildman–Crippen MR) is 182 cm³/mol. The number of unbranched alkanes of at least 4 members (excludes halogenated alkanes) is 1. The van der Waals surface area contributed by atoms with E-state index in [0.29, 0.717) is 33.8 Å². The van der Waals surface area contributed by atoms with Gasteiger partial charge in [-0.3, -0.25) is 19.1 Å². The SMILES string of the molecule is CCCCn1c(N2CCC(Cc3ccccc3)CC2)c(/C=C2/SC(=S)N(Cc3ccc(OC)cc3)C2=O)c(C)c(C#N)c1=O. The van der Waals surface area contributed by atoms with Crippen molar-refractivity contribution >= 4 is 46.1 Å². The van der Waals surface area contributed by atoms with Gasteiger partial charge in [0.1, 0.15) is 27.5 Å². The van der Waals surface area contributed by atoms with Crippen molar-refractivity contribution in [3.8, 4) is 11.8 Å². The van der Waals surface area contributed by atoms with Gasteiger partial charge in [-0.2, -0.15) is 5.26 Å². The Kier molecular flexibility index (Phi) is 10.2. The third-order valence-corrected chi connectivity index (χ3v) is 9.89. The first-order valence-corrected chi connectivity index (χ1v) is 16.4. The van der Waals surface area contributed by atoms with Gasteiger partial charge in [0, 0.05) is 25.2 Å². The van der Waals surface area contributed by atoms with Crippen LogP contribution in [0, 0.1) is 24.2 Å². The highest BCUT2D eigenvalue weighted by molar-refractivity contribution is 8.26. The van der Waals surface area contributed by atoms with Crippen molar-refractivity contribution in [3.05, 3.63) is 97.7 Å². The minimum atomic E-state index is -0.260. The van der Waals surface area contributed by atoms with Crippen LogP contribution in [0.15, 0.2) is 64.3 Å². The number of pyridine rings is 1. The normalized spacial score (nSPS) is 16.5. The summed E-state index contributed by atoms with van der Waals surface area (Å²) >= 11 is 6.92. The molecule has 0 N–H and O–H groups in total. The van der Waals surface area contributed by atoms with Gasteiger partial charge >= 0.3 is 0 Å². The van der Waals surface area contributed by atoms with E-state index in [1.807, 2.05) is 43.3 Å². The molecule has 2 aliphatic heterocycles. The molecular formula is C35H38N4O3S2. The van der Waals surface area contributed by atoms with Crippen LogP contribution >= 0.6 is 24.0 Å². The molecule has 3 aromatic rings. The zero-order valence-electron chi connectivity index (χ0n) is 25.5. The maximum absolute atomic E-state index is 13.7. The van der Waals surface area contributed by atoms with Crippen LogP contribution in [0.3, 0.4) is 0 Å². The molecule has 0 spiro atoms. The molecule has 1 aromatic heterocycles. The predicted octanol–water partition coefficient (Wildman–Crippen LogP) is 6.70. The van der Waals surface area contributed by atoms with Crippen LogP contribution in [0.4, 0.5) is 5.82 Å². The van der Waals surface area contributed by atoms with Crippen molar-refractivity contribution in [1.82, 2.24) is 9.47 Å². The van der Waals surface area contributed by atoms with Crippen molar-refractivity contribution in [2.24, 2.45) is 5.92 Å². The van der Waals surface area contributed by atoms with Gasteiger partial charge in [-0.15, -0.1) is 0 Å². The zero-order chi connectivity index (χ0) is 31.2. The fourth-order valence-electron chi connectivity index (χ4n) is 5.99. The Morgan fingerprint density at radius 2 is 1.77 bits per heavy atom. The molecule has 5 rings (SSSR count). The number of hydrogen-bond acceptors (Lipinski definition) is 7. The molecule has 228 valence electrons. The number of methoxy groups -OCH3 is 1. The molecule has 2 saturated heterocycles. The van der Waals surface area contributed by atoms with Gasteiger partial charge in [0.05, 0.1) is 18.6 Å². The van der Waals surface area contributed by atoms with E-state index in [9.17, 15) is 14.9 Å². The second kappa shape index (κ2) is 14.3. The molecule has 0 aliphatic carbocycles. The molecule has 2 aliphatic rings. The highest BCUT2D eigenvalue weighted by Gasteiger charge is 2.34. The number of amides is 1. The Balaban J connectivity index is 1.49. The topological polar surface area (TPSA) is 78.6 Å². The average molecular weight is 627 g/mol. The smallest absolute Gasteiger partial charge is 0.270 e. The van der Waals surface area contributed by atoms with Gasteiger partial charge in [0.25, 0.3) is 11.5 Å². The standard InChI is InChI=1S/C35H38N4O3S2/c1-4-5-17-38-32(37-18-15-26(16-19-37)20-25-9-7-6-8-10-25)29(24(2)30(22-36)33(38)40)21-31-34(41)39(35(43)44-31)23-27-11-13-28(42-3)14-12-27/h6-14,21,26H,4-5,15-20,23H2,1-3H3/b31-21+. The van der Waals surface area contributed by atoms with E-state index < -0.39 is 0 Å². The average Bonchev–Trinajstić information content (AvgIpc) is 3.30. The molecule has 0 atom stereocenters. The van der Waals surface area contributed by atoms with E-state index in [0.717, 1.165) is 67.9 Å². The molecule has 0 saturated carbocycles. The summed E-state index contributed by atoms with van der Waals surface area (Å²) < 4.78 is 7.52. The van der Waals surface area contributed by atoms with E-state index in [1.54, 1.807) is 16.6 Å². The van der Waals surface area contributed by atoms with Crippen molar-refractivity contribution < 1.29 is 9.53 Å². The molecule has 1 amide bonds. The lowest BCUT2D eigenvalue weighted by Crippen LogP contribution is -2.40. The first-order chi connectivity index (χ1) is 21.3. The lowest BCUT2D eigenvalue weighted by atomic mass is 9.90. The number of benzene rings is 2. The number of rotatable bonds is 10. The van der Waals surface area contributed by atoms with Gasteiger partial charge in [-0.05, 0) is 73.4 Å². The molecule has 9 heteroatoms. The molecular weight excluding hydrogens is 589 g/mol. The highest BCUT2D eigenvalue weighted by Crippen LogP contribution is 2.38. The molecule has 0 radical (unpaired) electrons. The van der Waals surface area contributed by atoms with Crippen LogP contribution in [0.2, 0.25) is 0 Å². The number of anilines is 1. The maximum atomic E-state index is 13.7. The van der Waals surface area contributed by atoms with Crippen LogP contribution in [-0.4, -0.2) is 39.9 Å². The Morgan fingerprint density at radius 3 is 2.41 bits per heavy atom. The third kappa shape index (κ3) is 6.77. The van der Waals surface area contributed by atoms with E-state index in [4.69, 9.17) is 17.0 Å². The van der Waals surface area contributed by atoms with E-state index in [-0.39, 0.29) is 17.0 Å². The van der Waals surface area contributed by atoms with Crippen LogP contribution in [0.25, 0.3) is 6.08 Å². The number of piperidine rings is 1. The third-order valence-electron chi connectivity index (χ3n) is 8.51. The molecule has 44 heavy (non-hydrogen) atoms. The number of hydrogen-bond donors (Lipinski definition) is 0. The summed E-state index contributed by atoms with van der Waals surface area (Å²) in [4.78, 5) is 31.8. The van der Waals surface area contributed by atoms with Crippen LogP contribution in [0.5, 0.6) is 5.75 Å². The van der Waals surface area contributed by atoms with Crippen LogP contribution < -0.4 is 15.2 Å².